The minimum absolute atomic E-state index is 0.0950. The molecule has 0 aliphatic rings. The number of benzene rings is 2. The number of halogens is 1. The molecule has 1 atom stereocenters. The van der Waals surface area contributed by atoms with Gasteiger partial charge in [0.25, 0.3) is 0 Å². The summed E-state index contributed by atoms with van der Waals surface area (Å²) in [6, 6.07) is 15.7. The standard InChI is InChI=1S/C16H18ClNO/c1-2-16(18)12-7-9-14(10-8-12)19-11-13-5-3-4-6-15(13)17/h3-10,16H,2,11,18H2,1H3/t16-/m1/s1. The molecule has 0 saturated heterocycles. The molecule has 3 heteroatoms. The van der Waals surface area contributed by atoms with Crippen molar-refractivity contribution in [1.29, 1.82) is 0 Å². The summed E-state index contributed by atoms with van der Waals surface area (Å²) in [6.07, 6.45) is 0.930. The summed E-state index contributed by atoms with van der Waals surface area (Å²) < 4.78 is 5.72. The van der Waals surface area contributed by atoms with Gasteiger partial charge in [-0.2, -0.15) is 0 Å². The Morgan fingerprint density at radius 3 is 2.42 bits per heavy atom. The SMILES string of the molecule is CC[C@@H](N)c1ccc(OCc2ccccc2Cl)cc1. The first-order valence-electron chi connectivity index (χ1n) is 6.42. The van der Waals surface area contributed by atoms with Gasteiger partial charge in [0, 0.05) is 16.6 Å². The molecule has 0 spiro atoms. The van der Waals surface area contributed by atoms with E-state index in [2.05, 4.69) is 6.92 Å². The second kappa shape index (κ2) is 6.60. The maximum Gasteiger partial charge on any atom is 0.119 e. The van der Waals surface area contributed by atoms with Gasteiger partial charge in [-0.1, -0.05) is 48.9 Å². The van der Waals surface area contributed by atoms with Crippen LogP contribution in [-0.4, -0.2) is 0 Å². The molecule has 0 amide bonds. The van der Waals surface area contributed by atoms with Gasteiger partial charge in [-0.15, -0.1) is 0 Å². The Labute approximate surface area is 119 Å². The molecule has 0 aromatic heterocycles. The number of hydrogen-bond acceptors (Lipinski definition) is 2. The summed E-state index contributed by atoms with van der Waals surface area (Å²) >= 11 is 6.08. The number of nitrogens with two attached hydrogens (primary N) is 1. The van der Waals surface area contributed by atoms with Gasteiger partial charge in [-0.05, 0) is 30.2 Å². The molecular weight excluding hydrogens is 258 g/mol. The third-order valence-electron chi connectivity index (χ3n) is 3.10. The lowest BCUT2D eigenvalue weighted by Crippen LogP contribution is -2.08. The van der Waals surface area contributed by atoms with Crippen molar-refractivity contribution in [2.75, 3.05) is 0 Å². The highest BCUT2D eigenvalue weighted by Gasteiger charge is 2.04. The molecule has 2 aromatic carbocycles. The summed E-state index contributed by atoms with van der Waals surface area (Å²) in [4.78, 5) is 0. The fraction of sp³-hybridized carbons (Fsp3) is 0.250. The van der Waals surface area contributed by atoms with E-state index < -0.39 is 0 Å². The van der Waals surface area contributed by atoms with Crippen LogP contribution >= 0.6 is 11.6 Å². The maximum absolute atomic E-state index is 6.08. The molecule has 0 fully saturated rings. The molecule has 0 heterocycles. The Morgan fingerprint density at radius 2 is 1.79 bits per heavy atom. The Morgan fingerprint density at radius 1 is 1.11 bits per heavy atom. The molecule has 0 aliphatic heterocycles. The lowest BCUT2D eigenvalue weighted by Gasteiger charge is -2.11. The fourth-order valence-electron chi connectivity index (χ4n) is 1.82. The van der Waals surface area contributed by atoms with Crippen LogP contribution in [0.25, 0.3) is 0 Å². The zero-order valence-corrected chi connectivity index (χ0v) is 11.7. The van der Waals surface area contributed by atoms with Crippen molar-refractivity contribution >= 4 is 11.6 Å². The molecule has 0 unspecified atom stereocenters. The lowest BCUT2D eigenvalue weighted by atomic mass is 10.1. The monoisotopic (exact) mass is 275 g/mol. The van der Waals surface area contributed by atoms with Crippen molar-refractivity contribution < 1.29 is 4.74 Å². The molecule has 0 radical (unpaired) electrons. The van der Waals surface area contributed by atoms with Gasteiger partial charge >= 0.3 is 0 Å². The van der Waals surface area contributed by atoms with Crippen LogP contribution in [0.3, 0.4) is 0 Å². The Bertz CT molecular complexity index is 525. The van der Waals surface area contributed by atoms with Crippen LogP contribution in [0.4, 0.5) is 0 Å². The van der Waals surface area contributed by atoms with Crippen LogP contribution in [0.1, 0.15) is 30.5 Å². The van der Waals surface area contributed by atoms with Crippen LogP contribution in [0, 0.1) is 0 Å². The minimum Gasteiger partial charge on any atom is -0.489 e. The van der Waals surface area contributed by atoms with E-state index in [1.807, 2.05) is 48.5 Å². The molecule has 0 saturated carbocycles. The third kappa shape index (κ3) is 3.72. The largest absolute Gasteiger partial charge is 0.489 e. The number of rotatable bonds is 5. The van der Waals surface area contributed by atoms with Gasteiger partial charge < -0.3 is 10.5 Å². The highest BCUT2D eigenvalue weighted by molar-refractivity contribution is 6.31. The van der Waals surface area contributed by atoms with E-state index in [1.54, 1.807) is 0 Å². The smallest absolute Gasteiger partial charge is 0.119 e. The average Bonchev–Trinajstić information content (AvgIpc) is 2.46. The molecule has 2 N–H and O–H groups in total. The van der Waals surface area contributed by atoms with Crippen LogP contribution < -0.4 is 10.5 Å². The van der Waals surface area contributed by atoms with Crippen molar-refractivity contribution in [3.63, 3.8) is 0 Å². The summed E-state index contributed by atoms with van der Waals surface area (Å²) in [5.74, 6) is 0.826. The number of ether oxygens (including phenoxy) is 1. The van der Waals surface area contributed by atoms with Gasteiger partial charge in [0.1, 0.15) is 12.4 Å². The van der Waals surface area contributed by atoms with E-state index in [9.17, 15) is 0 Å². The van der Waals surface area contributed by atoms with Gasteiger partial charge in [0.05, 0.1) is 0 Å². The minimum atomic E-state index is 0.0950. The van der Waals surface area contributed by atoms with E-state index in [4.69, 9.17) is 22.1 Å². The first kappa shape index (κ1) is 13.9. The molecule has 100 valence electrons. The van der Waals surface area contributed by atoms with Crippen LogP contribution in [0.2, 0.25) is 5.02 Å². The van der Waals surface area contributed by atoms with E-state index in [0.29, 0.717) is 6.61 Å². The number of hydrogen-bond donors (Lipinski definition) is 1. The molecule has 0 aliphatic carbocycles. The van der Waals surface area contributed by atoms with Gasteiger partial charge in [-0.25, -0.2) is 0 Å². The second-order valence-corrected chi connectivity index (χ2v) is 4.87. The van der Waals surface area contributed by atoms with Gasteiger partial charge in [0.2, 0.25) is 0 Å². The first-order valence-corrected chi connectivity index (χ1v) is 6.80. The Kier molecular flexibility index (Phi) is 4.83. The second-order valence-electron chi connectivity index (χ2n) is 4.46. The molecule has 2 rings (SSSR count). The van der Waals surface area contributed by atoms with Crippen molar-refractivity contribution in [1.82, 2.24) is 0 Å². The van der Waals surface area contributed by atoms with E-state index in [1.165, 1.54) is 0 Å². The fourth-order valence-corrected chi connectivity index (χ4v) is 2.01. The van der Waals surface area contributed by atoms with Crippen molar-refractivity contribution in [3.05, 3.63) is 64.7 Å². The summed E-state index contributed by atoms with van der Waals surface area (Å²) in [5, 5.41) is 0.729. The highest BCUT2D eigenvalue weighted by Crippen LogP contribution is 2.21. The van der Waals surface area contributed by atoms with Crippen LogP contribution in [-0.2, 0) is 6.61 Å². The topological polar surface area (TPSA) is 35.2 Å². The zero-order chi connectivity index (χ0) is 13.7. The zero-order valence-electron chi connectivity index (χ0n) is 11.0. The molecule has 0 bridgehead atoms. The molecule has 19 heavy (non-hydrogen) atoms. The molecule has 2 nitrogen and oxygen atoms in total. The highest BCUT2D eigenvalue weighted by atomic mass is 35.5. The maximum atomic E-state index is 6.08. The summed E-state index contributed by atoms with van der Waals surface area (Å²) in [7, 11) is 0. The third-order valence-corrected chi connectivity index (χ3v) is 3.47. The van der Waals surface area contributed by atoms with E-state index in [-0.39, 0.29) is 6.04 Å². The van der Waals surface area contributed by atoms with E-state index in [0.717, 1.165) is 28.3 Å². The van der Waals surface area contributed by atoms with Crippen molar-refractivity contribution in [2.45, 2.75) is 26.0 Å². The van der Waals surface area contributed by atoms with E-state index >= 15 is 0 Å². The lowest BCUT2D eigenvalue weighted by molar-refractivity contribution is 0.306. The Balaban J connectivity index is 1.99. The first-order chi connectivity index (χ1) is 9.20. The summed E-state index contributed by atoms with van der Waals surface area (Å²) in [5.41, 5.74) is 8.09. The quantitative estimate of drug-likeness (QED) is 0.881. The van der Waals surface area contributed by atoms with Gasteiger partial charge in [0.15, 0.2) is 0 Å². The Hall–Kier alpha value is -1.51. The van der Waals surface area contributed by atoms with Crippen molar-refractivity contribution in [3.8, 4) is 5.75 Å². The van der Waals surface area contributed by atoms with Crippen molar-refractivity contribution in [2.24, 2.45) is 5.73 Å². The molecular formula is C16H18ClNO. The predicted octanol–water partition coefficient (Wildman–Crippen LogP) is 4.33. The normalized spacial score (nSPS) is 12.2. The van der Waals surface area contributed by atoms with Gasteiger partial charge in [-0.3, -0.25) is 0 Å². The molecule has 2 aromatic rings. The predicted molar refractivity (Wildman–Crippen MR) is 79.4 cm³/mol. The van der Waals surface area contributed by atoms with Crippen LogP contribution in [0.15, 0.2) is 48.5 Å². The average molecular weight is 276 g/mol. The summed E-state index contributed by atoms with van der Waals surface area (Å²) in [6.45, 7) is 2.55. The van der Waals surface area contributed by atoms with Crippen LogP contribution in [0.5, 0.6) is 5.75 Å².